The Balaban J connectivity index is 0.000000487. The number of aliphatic carboxylic acids is 2. The number of anilines is 1. The molecule has 0 radical (unpaired) electrons. The molecule has 26 heavy (non-hydrogen) atoms. The first-order valence-corrected chi connectivity index (χ1v) is 7.33. The van der Waals surface area contributed by atoms with E-state index in [1.807, 2.05) is 4.90 Å². The number of carbonyl (C=O) groups is 3. The van der Waals surface area contributed by atoms with E-state index in [1.54, 1.807) is 0 Å². The third-order valence-corrected chi connectivity index (χ3v) is 3.16. The summed E-state index contributed by atoms with van der Waals surface area (Å²) in [6, 6.07) is 4.95. The van der Waals surface area contributed by atoms with E-state index in [9.17, 15) is 18.0 Å². The summed E-state index contributed by atoms with van der Waals surface area (Å²) >= 11 is 0. The number of carbonyl (C=O) groups excluding carboxylic acids is 1. The average molecular weight is 378 g/mol. The minimum Gasteiger partial charge on any atom is -0.473 e. The molecule has 0 spiro atoms. The molecule has 0 atom stereocenters. The first-order valence-electron chi connectivity index (χ1n) is 7.33. The predicted molar refractivity (Wildman–Crippen MR) is 82.6 cm³/mol. The SMILES string of the molecule is O=C(CN1CCOCC1)Nc1ccccc1C(F)(F)F.O=C(O)C(=O)O. The first kappa shape index (κ1) is 21.4. The second kappa shape index (κ2) is 9.73. The Bertz CT molecular complexity index is 633. The van der Waals surface area contributed by atoms with Crippen molar-refractivity contribution in [3.05, 3.63) is 29.8 Å². The van der Waals surface area contributed by atoms with Crippen LogP contribution in [-0.4, -0.2) is 65.8 Å². The van der Waals surface area contributed by atoms with E-state index in [1.165, 1.54) is 18.2 Å². The standard InChI is InChI=1S/C13H15F3N2O2.C2H2O4/c14-13(15,16)10-3-1-2-4-11(10)17-12(19)9-18-5-7-20-8-6-18;3-1(4)2(5)6/h1-4H,5-9H2,(H,17,19);(H,3,4)(H,5,6). The van der Waals surface area contributed by atoms with Gasteiger partial charge in [0, 0.05) is 13.1 Å². The van der Waals surface area contributed by atoms with Crippen LogP contribution in [0.3, 0.4) is 0 Å². The van der Waals surface area contributed by atoms with Crippen molar-refractivity contribution in [3.63, 3.8) is 0 Å². The van der Waals surface area contributed by atoms with Gasteiger partial charge in [0.1, 0.15) is 0 Å². The molecule has 8 nitrogen and oxygen atoms in total. The van der Waals surface area contributed by atoms with Crippen molar-refractivity contribution in [2.45, 2.75) is 6.18 Å². The number of ether oxygens (including phenoxy) is 1. The van der Waals surface area contributed by atoms with Crippen molar-refractivity contribution < 1.29 is 42.5 Å². The number of hydrogen-bond acceptors (Lipinski definition) is 5. The number of alkyl halides is 3. The Kier molecular flexibility index (Phi) is 8.00. The minimum absolute atomic E-state index is 0.0650. The molecule has 0 unspecified atom stereocenters. The zero-order valence-corrected chi connectivity index (χ0v) is 13.5. The molecule has 0 aromatic heterocycles. The molecular formula is C15H17F3N2O6. The number of para-hydroxylation sites is 1. The quantitative estimate of drug-likeness (QED) is 0.675. The molecule has 0 saturated carbocycles. The number of nitrogens with zero attached hydrogens (tertiary/aromatic N) is 1. The monoisotopic (exact) mass is 378 g/mol. The highest BCUT2D eigenvalue weighted by molar-refractivity contribution is 6.27. The van der Waals surface area contributed by atoms with E-state index in [2.05, 4.69) is 5.32 Å². The van der Waals surface area contributed by atoms with E-state index in [-0.39, 0.29) is 12.2 Å². The first-order chi connectivity index (χ1) is 12.1. The van der Waals surface area contributed by atoms with Gasteiger partial charge in [-0.1, -0.05) is 12.1 Å². The third kappa shape index (κ3) is 7.49. The lowest BCUT2D eigenvalue weighted by Crippen LogP contribution is -2.41. The smallest absolute Gasteiger partial charge is 0.418 e. The molecule has 1 aromatic rings. The van der Waals surface area contributed by atoms with Gasteiger partial charge in [-0.3, -0.25) is 9.69 Å². The molecule has 0 aliphatic carbocycles. The van der Waals surface area contributed by atoms with Gasteiger partial charge < -0.3 is 20.3 Å². The van der Waals surface area contributed by atoms with E-state index in [0.29, 0.717) is 26.3 Å². The summed E-state index contributed by atoms with van der Waals surface area (Å²) < 4.78 is 43.5. The highest BCUT2D eigenvalue weighted by Gasteiger charge is 2.33. The van der Waals surface area contributed by atoms with Gasteiger partial charge in [-0.2, -0.15) is 13.2 Å². The van der Waals surface area contributed by atoms with Gasteiger partial charge in [0.05, 0.1) is 31.0 Å². The highest BCUT2D eigenvalue weighted by Crippen LogP contribution is 2.34. The van der Waals surface area contributed by atoms with Crippen LogP contribution in [0, 0.1) is 0 Å². The number of benzene rings is 1. The van der Waals surface area contributed by atoms with Crippen LogP contribution in [0.4, 0.5) is 18.9 Å². The lowest BCUT2D eigenvalue weighted by atomic mass is 10.1. The maximum atomic E-state index is 12.8. The number of morpholine rings is 1. The minimum atomic E-state index is -4.48. The maximum Gasteiger partial charge on any atom is 0.418 e. The molecule has 0 bridgehead atoms. The van der Waals surface area contributed by atoms with Crippen LogP contribution in [-0.2, 0) is 25.3 Å². The van der Waals surface area contributed by atoms with Crippen LogP contribution in [0.2, 0.25) is 0 Å². The van der Waals surface area contributed by atoms with E-state index < -0.39 is 29.6 Å². The summed E-state index contributed by atoms with van der Waals surface area (Å²) in [5, 5.41) is 17.1. The highest BCUT2D eigenvalue weighted by atomic mass is 19.4. The molecular weight excluding hydrogens is 361 g/mol. The Morgan fingerprint density at radius 1 is 1.08 bits per heavy atom. The van der Waals surface area contributed by atoms with Gasteiger partial charge in [0.25, 0.3) is 0 Å². The molecule has 2 rings (SSSR count). The van der Waals surface area contributed by atoms with Crippen LogP contribution in [0.15, 0.2) is 24.3 Å². The summed E-state index contributed by atoms with van der Waals surface area (Å²) in [4.78, 5) is 31.8. The number of carboxylic acid groups (broad SMARTS) is 2. The second-order valence-corrected chi connectivity index (χ2v) is 5.09. The van der Waals surface area contributed by atoms with Crippen molar-refractivity contribution >= 4 is 23.5 Å². The van der Waals surface area contributed by atoms with Crippen LogP contribution < -0.4 is 5.32 Å². The van der Waals surface area contributed by atoms with Gasteiger partial charge in [0.15, 0.2) is 0 Å². The van der Waals surface area contributed by atoms with Crippen LogP contribution in [0.1, 0.15) is 5.56 Å². The summed E-state index contributed by atoms with van der Waals surface area (Å²) in [6.07, 6.45) is -4.48. The molecule has 1 saturated heterocycles. The molecule has 3 N–H and O–H groups in total. The molecule has 144 valence electrons. The van der Waals surface area contributed by atoms with Crippen LogP contribution >= 0.6 is 0 Å². The van der Waals surface area contributed by atoms with E-state index in [0.717, 1.165) is 6.07 Å². The fourth-order valence-electron chi connectivity index (χ4n) is 1.99. The Morgan fingerprint density at radius 3 is 2.12 bits per heavy atom. The summed E-state index contributed by atoms with van der Waals surface area (Å²) in [6.45, 7) is 2.34. The van der Waals surface area contributed by atoms with Crippen molar-refractivity contribution in [2.24, 2.45) is 0 Å². The average Bonchev–Trinajstić information content (AvgIpc) is 2.55. The lowest BCUT2D eigenvalue weighted by Gasteiger charge is -2.26. The molecule has 1 heterocycles. The fourth-order valence-corrected chi connectivity index (χ4v) is 1.99. The van der Waals surface area contributed by atoms with E-state index in [4.69, 9.17) is 24.5 Å². The number of nitrogens with one attached hydrogen (secondary N) is 1. The van der Waals surface area contributed by atoms with Gasteiger partial charge >= 0.3 is 18.1 Å². The Hall–Kier alpha value is -2.66. The number of amides is 1. The Morgan fingerprint density at radius 2 is 1.62 bits per heavy atom. The number of halogens is 3. The molecule has 1 aliphatic rings. The van der Waals surface area contributed by atoms with Gasteiger partial charge in [-0.25, -0.2) is 9.59 Å². The molecule has 1 fully saturated rings. The largest absolute Gasteiger partial charge is 0.473 e. The number of hydrogen-bond donors (Lipinski definition) is 3. The number of carboxylic acids is 2. The fraction of sp³-hybridized carbons (Fsp3) is 0.400. The molecule has 11 heteroatoms. The van der Waals surface area contributed by atoms with Crippen molar-refractivity contribution in [1.29, 1.82) is 0 Å². The van der Waals surface area contributed by atoms with Gasteiger partial charge in [-0.15, -0.1) is 0 Å². The van der Waals surface area contributed by atoms with Crippen molar-refractivity contribution in [1.82, 2.24) is 4.90 Å². The summed E-state index contributed by atoms with van der Waals surface area (Å²) in [5.41, 5.74) is -1.05. The van der Waals surface area contributed by atoms with E-state index >= 15 is 0 Å². The predicted octanol–water partition coefficient (Wildman–Crippen LogP) is 1.13. The van der Waals surface area contributed by atoms with Crippen LogP contribution in [0.25, 0.3) is 0 Å². The molecule has 1 amide bonds. The van der Waals surface area contributed by atoms with Crippen molar-refractivity contribution in [2.75, 3.05) is 38.2 Å². The molecule has 1 aliphatic heterocycles. The summed E-state index contributed by atoms with van der Waals surface area (Å²) in [7, 11) is 0. The second-order valence-electron chi connectivity index (χ2n) is 5.09. The van der Waals surface area contributed by atoms with Gasteiger partial charge in [-0.05, 0) is 12.1 Å². The zero-order chi connectivity index (χ0) is 19.7. The van der Waals surface area contributed by atoms with Crippen molar-refractivity contribution in [3.8, 4) is 0 Å². The van der Waals surface area contributed by atoms with Gasteiger partial charge in [0.2, 0.25) is 5.91 Å². The lowest BCUT2D eigenvalue weighted by molar-refractivity contribution is -0.159. The number of rotatable bonds is 3. The summed E-state index contributed by atoms with van der Waals surface area (Å²) in [5.74, 6) is -4.10. The maximum absolute atomic E-state index is 12.8. The third-order valence-electron chi connectivity index (χ3n) is 3.16. The Labute approximate surface area is 146 Å². The van der Waals surface area contributed by atoms with Crippen LogP contribution in [0.5, 0.6) is 0 Å². The normalized spacial score (nSPS) is 14.7. The molecule has 1 aromatic carbocycles. The zero-order valence-electron chi connectivity index (χ0n) is 13.5. The topological polar surface area (TPSA) is 116 Å².